The lowest BCUT2D eigenvalue weighted by Crippen LogP contribution is -2.19. The topological polar surface area (TPSA) is 115 Å². The first-order chi connectivity index (χ1) is 13.5. The summed E-state index contributed by atoms with van der Waals surface area (Å²) >= 11 is 0. The summed E-state index contributed by atoms with van der Waals surface area (Å²) in [4.78, 5) is 10.9. The first-order valence-corrected chi connectivity index (χ1v) is 9.61. The van der Waals surface area contributed by atoms with E-state index in [0.717, 1.165) is 12.1 Å². The molecular formula is C18H14F3N3O4S. The van der Waals surface area contributed by atoms with Gasteiger partial charge in [-0.05, 0) is 17.7 Å². The maximum absolute atomic E-state index is 13.8. The smallest absolute Gasteiger partial charge is 0.433 e. The van der Waals surface area contributed by atoms with Gasteiger partial charge in [-0.1, -0.05) is 42.5 Å². The van der Waals surface area contributed by atoms with Gasteiger partial charge in [0.05, 0.1) is 4.90 Å². The molecule has 1 heterocycles. The maximum Gasteiger partial charge on any atom is 0.433 e. The van der Waals surface area contributed by atoms with Crippen molar-refractivity contribution in [2.45, 2.75) is 17.6 Å². The fourth-order valence-electron chi connectivity index (χ4n) is 2.88. The average Bonchev–Trinajstić information content (AvgIpc) is 3.00. The summed E-state index contributed by atoms with van der Waals surface area (Å²) in [7, 11) is -3.99. The van der Waals surface area contributed by atoms with E-state index in [9.17, 15) is 26.4 Å². The molecule has 29 heavy (non-hydrogen) atoms. The van der Waals surface area contributed by atoms with Crippen molar-refractivity contribution in [1.29, 1.82) is 0 Å². The molecule has 7 nitrogen and oxygen atoms in total. The Balaban J connectivity index is 2.31. The number of primary sulfonamides is 1. The van der Waals surface area contributed by atoms with E-state index in [0.29, 0.717) is 4.68 Å². The molecular weight excluding hydrogens is 411 g/mol. The molecule has 1 aromatic heterocycles. The molecule has 2 aromatic carbocycles. The second kappa shape index (κ2) is 7.33. The predicted octanol–water partition coefficient (Wildman–Crippen LogP) is 2.97. The molecule has 0 saturated carbocycles. The number of aliphatic carboxylic acids is 1. The molecule has 0 amide bonds. The number of benzene rings is 2. The van der Waals surface area contributed by atoms with Crippen LogP contribution in [0.3, 0.4) is 0 Å². The number of hydrogen-bond acceptors (Lipinski definition) is 4. The quantitative estimate of drug-likeness (QED) is 0.652. The van der Waals surface area contributed by atoms with E-state index in [1.165, 1.54) is 36.4 Å². The number of hydrogen-bond donors (Lipinski definition) is 2. The van der Waals surface area contributed by atoms with Gasteiger partial charge in [-0.2, -0.15) is 18.3 Å². The van der Waals surface area contributed by atoms with Crippen LogP contribution in [0.1, 0.15) is 5.69 Å². The van der Waals surface area contributed by atoms with E-state index in [1.807, 2.05) is 0 Å². The molecule has 3 N–H and O–H groups in total. The fraction of sp³-hybridized carbons (Fsp3) is 0.111. The minimum absolute atomic E-state index is 0.134. The van der Waals surface area contributed by atoms with Crippen molar-refractivity contribution < 1.29 is 31.5 Å². The van der Waals surface area contributed by atoms with Crippen molar-refractivity contribution in [3.8, 4) is 22.4 Å². The Labute approximate surface area is 163 Å². The molecule has 0 fully saturated rings. The minimum atomic E-state index is -4.88. The standard InChI is InChI=1S/C18H14F3N3O4S/c19-18(20,21)17-15(11-4-2-1-3-5-11)16(23-24(17)10-14(25)26)12-6-8-13(9-7-12)29(22,27)28/h1-9H,10H2,(H,25,26)(H2,22,27,28). The number of nitrogens with zero attached hydrogens (tertiary/aromatic N) is 2. The zero-order valence-electron chi connectivity index (χ0n) is 14.6. The Morgan fingerprint density at radius 3 is 2.10 bits per heavy atom. The third kappa shape index (κ3) is 4.30. The SMILES string of the molecule is NS(=O)(=O)c1ccc(-c2nn(CC(=O)O)c(C(F)(F)F)c2-c2ccccc2)cc1. The molecule has 0 aliphatic rings. The summed E-state index contributed by atoms with van der Waals surface area (Å²) in [5.41, 5.74) is -1.29. The van der Waals surface area contributed by atoms with Gasteiger partial charge in [-0.25, -0.2) is 18.2 Å². The first-order valence-electron chi connectivity index (χ1n) is 8.07. The summed E-state index contributed by atoms with van der Waals surface area (Å²) in [6, 6.07) is 12.4. The monoisotopic (exact) mass is 425 g/mol. The van der Waals surface area contributed by atoms with Crippen LogP contribution in [0.4, 0.5) is 13.2 Å². The van der Waals surface area contributed by atoms with E-state index in [-0.39, 0.29) is 27.3 Å². The summed E-state index contributed by atoms with van der Waals surface area (Å²) in [6.45, 7) is -0.996. The van der Waals surface area contributed by atoms with Gasteiger partial charge in [0.2, 0.25) is 10.0 Å². The summed E-state index contributed by atoms with van der Waals surface area (Å²) in [6.07, 6.45) is -4.88. The summed E-state index contributed by atoms with van der Waals surface area (Å²) in [5, 5.41) is 18.0. The number of carboxylic acids is 1. The largest absolute Gasteiger partial charge is 0.480 e. The van der Waals surface area contributed by atoms with Crippen molar-refractivity contribution >= 4 is 16.0 Å². The van der Waals surface area contributed by atoms with Crippen molar-refractivity contribution in [3.63, 3.8) is 0 Å². The second-order valence-electron chi connectivity index (χ2n) is 6.06. The summed E-state index contributed by atoms with van der Waals surface area (Å²) in [5.74, 6) is -1.49. The van der Waals surface area contributed by atoms with Crippen LogP contribution >= 0.6 is 0 Å². The second-order valence-corrected chi connectivity index (χ2v) is 7.62. The van der Waals surface area contributed by atoms with Crippen LogP contribution in [0, 0.1) is 0 Å². The Bertz CT molecular complexity index is 1160. The lowest BCUT2D eigenvalue weighted by atomic mass is 9.98. The highest BCUT2D eigenvalue weighted by Gasteiger charge is 2.41. The van der Waals surface area contributed by atoms with Crippen LogP contribution < -0.4 is 5.14 Å². The van der Waals surface area contributed by atoms with Crippen LogP contribution in [0.2, 0.25) is 0 Å². The minimum Gasteiger partial charge on any atom is -0.480 e. The molecule has 0 saturated heterocycles. The van der Waals surface area contributed by atoms with Gasteiger partial charge in [-0.3, -0.25) is 4.79 Å². The molecule has 152 valence electrons. The van der Waals surface area contributed by atoms with E-state index in [4.69, 9.17) is 10.2 Å². The van der Waals surface area contributed by atoms with Gasteiger partial charge >= 0.3 is 12.1 Å². The van der Waals surface area contributed by atoms with E-state index < -0.39 is 34.4 Å². The fourth-order valence-corrected chi connectivity index (χ4v) is 3.39. The summed E-state index contributed by atoms with van der Waals surface area (Å²) < 4.78 is 64.8. The zero-order valence-corrected chi connectivity index (χ0v) is 15.4. The lowest BCUT2D eigenvalue weighted by molar-refractivity contribution is -0.146. The van der Waals surface area contributed by atoms with Crippen LogP contribution in [0.15, 0.2) is 59.5 Å². The number of aromatic nitrogens is 2. The van der Waals surface area contributed by atoms with E-state index in [2.05, 4.69) is 5.10 Å². The lowest BCUT2D eigenvalue weighted by Gasteiger charge is -2.12. The van der Waals surface area contributed by atoms with Gasteiger partial charge in [0.15, 0.2) is 5.69 Å². The number of nitrogens with two attached hydrogens (primary N) is 1. The van der Waals surface area contributed by atoms with Gasteiger partial charge in [0, 0.05) is 11.1 Å². The number of carboxylic acid groups (broad SMARTS) is 1. The Kier molecular flexibility index (Phi) is 5.20. The number of alkyl halides is 3. The molecule has 0 spiro atoms. The third-order valence-electron chi connectivity index (χ3n) is 4.02. The highest BCUT2D eigenvalue weighted by Crippen LogP contribution is 2.42. The highest BCUT2D eigenvalue weighted by atomic mass is 32.2. The highest BCUT2D eigenvalue weighted by molar-refractivity contribution is 7.89. The van der Waals surface area contributed by atoms with Crippen LogP contribution in [0.25, 0.3) is 22.4 Å². The molecule has 0 atom stereocenters. The van der Waals surface area contributed by atoms with Gasteiger partial charge in [0.25, 0.3) is 0 Å². The number of rotatable bonds is 5. The van der Waals surface area contributed by atoms with Crippen molar-refractivity contribution in [2.24, 2.45) is 5.14 Å². The van der Waals surface area contributed by atoms with E-state index >= 15 is 0 Å². The number of halogens is 3. The van der Waals surface area contributed by atoms with Crippen LogP contribution in [0.5, 0.6) is 0 Å². The Morgan fingerprint density at radius 2 is 1.62 bits per heavy atom. The number of carbonyl (C=O) groups is 1. The molecule has 0 bridgehead atoms. The molecule has 3 rings (SSSR count). The first kappa shape index (κ1) is 20.6. The van der Waals surface area contributed by atoms with Crippen molar-refractivity contribution in [3.05, 3.63) is 60.3 Å². The van der Waals surface area contributed by atoms with Gasteiger partial charge < -0.3 is 5.11 Å². The molecule has 3 aromatic rings. The maximum atomic E-state index is 13.8. The number of sulfonamides is 1. The van der Waals surface area contributed by atoms with E-state index in [1.54, 1.807) is 6.07 Å². The molecule has 0 radical (unpaired) electrons. The Hall–Kier alpha value is -3.18. The third-order valence-corrected chi connectivity index (χ3v) is 4.95. The van der Waals surface area contributed by atoms with Crippen molar-refractivity contribution in [2.75, 3.05) is 0 Å². The van der Waals surface area contributed by atoms with Crippen molar-refractivity contribution in [1.82, 2.24) is 9.78 Å². The normalized spacial score (nSPS) is 12.1. The van der Waals surface area contributed by atoms with Crippen LogP contribution in [-0.4, -0.2) is 29.3 Å². The van der Waals surface area contributed by atoms with Gasteiger partial charge in [0.1, 0.15) is 12.2 Å². The molecule has 0 aliphatic heterocycles. The molecule has 0 unspecified atom stereocenters. The molecule has 11 heteroatoms. The van der Waals surface area contributed by atoms with Crippen LogP contribution in [-0.2, 0) is 27.5 Å². The zero-order chi connectivity index (χ0) is 21.4. The predicted molar refractivity (Wildman–Crippen MR) is 97.1 cm³/mol. The molecule has 0 aliphatic carbocycles. The Morgan fingerprint density at radius 1 is 1.03 bits per heavy atom. The average molecular weight is 425 g/mol. The van der Waals surface area contributed by atoms with Gasteiger partial charge in [-0.15, -0.1) is 0 Å².